The lowest BCUT2D eigenvalue weighted by molar-refractivity contribution is -0.150. The van der Waals surface area contributed by atoms with Crippen molar-refractivity contribution < 1.29 is 23.8 Å². The van der Waals surface area contributed by atoms with Gasteiger partial charge in [-0.25, -0.2) is 4.79 Å². The van der Waals surface area contributed by atoms with Crippen LogP contribution in [0.4, 0.5) is 0 Å². The van der Waals surface area contributed by atoms with E-state index in [0.29, 0.717) is 17.1 Å². The minimum absolute atomic E-state index is 0.0993. The van der Waals surface area contributed by atoms with E-state index in [1.165, 1.54) is 14.2 Å². The van der Waals surface area contributed by atoms with Gasteiger partial charge in [0.25, 0.3) is 5.91 Å². The molecule has 128 valence electrons. The highest BCUT2D eigenvalue weighted by Gasteiger charge is 2.27. The van der Waals surface area contributed by atoms with Gasteiger partial charge in [-0.15, -0.1) is 0 Å². The summed E-state index contributed by atoms with van der Waals surface area (Å²) in [7, 11) is 3.01. The molecular formula is C17H25NO5. The maximum Gasteiger partial charge on any atom is 0.329 e. The summed E-state index contributed by atoms with van der Waals surface area (Å²) in [6.45, 7) is 7.23. The molecular weight excluding hydrogens is 298 g/mol. The molecule has 1 atom stereocenters. The highest BCUT2D eigenvalue weighted by molar-refractivity contribution is 5.97. The lowest BCUT2D eigenvalue weighted by Crippen LogP contribution is -2.46. The zero-order chi connectivity index (χ0) is 17.6. The third-order valence-electron chi connectivity index (χ3n) is 3.17. The van der Waals surface area contributed by atoms with E-state index in [1.807, 2.05) is 13.8 Å². The summed E-state index contributed by atoms with van der Waals surface area (Å²) in [6.07, 6.45) is -0.238. The second-order valence-electron chi connectivity index (χ2n) is 5.78. The topological polar surface area (TPSA) is 73.9 Å². The predicted molar refractivity (Wildman–Crippen MR) is 86.9 cm³/mol. The Bertz CT molecular complexity index is 532. The Morgan fingerprint density at radius 2 is 1.48 bits per heavy atom. The third kappa shape index (κ3) is 5.47. The van der Waals surface area contributed by atoms with Crippen LogP contribution < -0.4 is 14.8 Å². The minimum Gasteiger partial charge on any atom is -0.497 e. The van der Waals surface area contributed by atoms with Crippen LogP contribution >= 0.6 is 0 Å². The third-order valence-corrected chi connectivity index (χ3v) is 3.17. The van der Waals surface area contributed by atoms with E-state index >= 15 is 0 Å². The number of benzene rings is 1. The fourth-order valence-electron chi connectivity index (χ4n) is 1.97. The monoisotopic (exact) mass is 323 g/mol. The number of carbonyl (C=O) groups is 2. The number of rotatable bonds is 7. The van der Waals surface area contributed by atoms with Crippen molar-refractivity contribution in [1.29, 1.82) is 0 Å². The average Bonchev–Trinajstić information content (AvgIpc) is 2.50. The van der Waals surface area contributed by atoms with E-state index in [9.17, 15) is 9.59 Å². The van der Waals surface area contributed by atoms with Crippen LogP contribution in [0.5, 0.6) is 11.5 Å². The van der Waals surface area contributed by atoms with E-state index in [4.69, 9.17) is 14.2 Å². The maximum absolute atomic E-state index is 12.5. The molecule has 0 fully saturated rings. The molecule has 23 heavy (non-hydrogen) atoms. The molecule has 0 bridgehead atoms. The molecule has 1 N–H and O–H groups in total. The number of methoxy groups -OCH3 is 2. The summed E-state index contributed by atoms with van der Waals surface area (Å²) >= 11 is 0. The van der Waals surface area contributed by atoms with Gasteiger partial charge in [0.05, 0.1) is 20.3 Å². The average molecular weight is 323 g/mol. The number of amides is 1. The first-order valence-corrected chi connectivity index (χ1v) is 7.52. The van der Waals surface area contributed by atoms with Crippen molar-refractivity contribution in [1.82, 2.24) is 5.32 Å². The Labute approximate surface area is 137 Å². The van der Waals surface area contributed by atoms with E-state index in [0.717, 1.165) is 0 Å². The normalized spacial score (nSPS) is 12.0. The van der Waals surface area contributed by atoms with Gasteiger partial charge in [0.15, 0.2) is 0 Å². The standard InChI is InChI=1S/C17H25NO5/c1-10(2)15(17(20)23-11(3)4)18-16(19)12-7-13(21-5)9-14(8-12)22-6/h7-11,15H,1-6H3,(H,18,19)/t15-/m0/s1. The fraction of sp³-hybridized carbons (Fsp3) is 0.529. The molecule has 1 aromatic rings. The number of nitrogens with one attached hydrogen (secondary N) is 1. The van der Waals surface area contributed by atoms with Crippen LogP contribution in [0.15, 0.2) is 18.2 Å². The van der Waals surface area contributed by atoms with Crippen LogP contribution in [-0.2, 0) is 9.53 Å². The smallest absolute Gasteiger partial charge is 0.329 e. The molecule has 0 radical (unpaired) electrons. The molecule has 1 amide bonds. The summed E-state index contributed by atoms with van der Waals surface area (Å²) in [5.74, 6) is 0.0678. The molecule has 0 unspecified atom stereocenters. The quantitative estimate of drug-likeness (QED) is 0.780. The predicted octanol–water partition coefficient (Wildman–Crippen LogP) is 2.41. The van der Waals surface area contributed by atoms with E-state index in [1.54, 1.807) is 32.0 Å². The summed E-state index contributed by atoms with van der Waals surface area (Å²) in [6, 6.07) is 4.12. The summed E-state index contributed by atoms with van der Waals surface area (Å²) < 4.78 is 15.5. The number of carbonyl (C=O) groups excluding carboxylic acids is 2. The zero-order valence-electron chi connectivity index (χ0n) is 14.5. The summed E-state index contributed by atoms with van der Waals surface area (Å²) in [5.41, 5.74) is 0.351. The van der Waals surface area contributed by atoms with Gasteiger partial charge in [0, 0.05) is 11.6 Å². The van der Waals surface area contributed by atoms with Gasteiger partial charge in [-0.2, -0.15) is 0 Å². The van der Waals surface area contributed by atoms with E-state index in [2.05, 4.69) is 5.32 Å². The molecule has 0 aliphatic carbocycles. The molecule has 1 rings (SSSR count). The van der Waals surface area contributed by atoms with Gasteiger partial charge < -0.3 is 19.5 Å². The highest BCUT2D eigenvalue weighted by Crippen LogP contribution is 2.22. The zero-order valence-corrected chi connectivity index (χ0v) is 14.5. The second-order valence-corrected chi connectivity index (χ2v) is 5.78. The Kier molecular flexibility index (Phi) is 6.88. The van der Waals surface area contributed by atoms with Crippen LogP contribution in [0.25, 0.3) is 0 Å². The first kappa shape index (κ1) is 18.8. The van der Waals surface area contributed by atoms with Crippen LogP contribution in [0, 0.1) is 5.92 Å². The molecule has 6 heteroatoms. The van der Waals surface area contributed by atoms with Crippen molar-refractivity contribution in [3.63, 3.8) is 0 Å². The molecule has 0 aliphatic heterocycles. The van der Waals surface area contributed by atoms with Crippen molar-refractivity contribution in [3.8, 4) is 11.5 Å². The highest BCUT2D eigenvalue weighted by atomic mass is 16.5. The van der Waals surface area contributed by atoms with Crippen molar-refractivity contribution in [3.05, 3.63) is 23.8 Å². The van der Waals surface area contributed by atoms with Crippen LogP contribution in [0.3, 0.4) is 0 Å². The molecule has 6 nitrogen and oxygen atoms in total. The number of hydrogen-bond acceptors (Lipinski definition) is 5. The summed E-state index contributed by atoms with van der Waals surface area (Å²) in [4.78, 5) is 24.6. The Hall–Kier alpha value is -2.24. The molecule has 0 aliphatic rings. The van der Waals surface area contributed by atoms with Crippen molar-refractivity contribution in [2.45, 2.75) is 39.8 Å². The van der Waals surface area contributed by atoms with Gasteiger partial charge in [-0.1, -0.05) is 13.8 Å². The Balaban J connectivity index is 2.97. The van der Waals surface area contributed by atoms with Gasteiger partial charge in [0.1, 0.15) is 17.5 Å². The SMILES string of the molecule is COc1cc(OC)cc(C(=O)N[C@H](C(=O)OC(C)C)C(C)C)c1. The van der Waals surface area contributed by atoms with Gasteiger partial charge >= 0.3 is 5.97 Å². The van der Waals surface area contributed by atoms with E-state index < -0.39 is 12.0 Å². The van der Waals surface area contributed by atoms with Crippen molar-refractivity contribution in [2.24, 2.45) is 5.92 Å². The van der Waals surface area contributed by atoms with E-state index in [-0.39, 0.29) is 17.9 Å². The van der Waals surface area contributed by atoms with Crippen LogP contribution in [0.2, 0.25) is 0 Å². The molecule has 0 saturated heterocycles. The Morgan fingerprint density at radius 1 is 0.957 bits per heavy atom. The van der Waals surface area contributed by atoms with Gasteiger partial charge in [0.2, 0.25) is 0 Å². The maximum atomic E-state index is 12.5. The molecule has 0 heterocycles. The number of ether oxygens (including phenoxy) is 3. The Morgan fingerprint density at radius 3 is 1.87 bits per heavy atom. The lowest BCUT2D eigenvalue weighted by Gasteiger charge is -2.22. The largest absolute Gasteiger partial charge is 0.497 e. The first-order valence-electron chi connectivity index (χ1n) is 7.52. The molecule has 0 saturated carbocycles. The van der Waals surface area contributed by atoms with Crippen molar-refractivity contribution >= 4 is 11.9 Å². The molecule has 0 aromatic heterocycles. The fourth-order valence-corrected chi connectivity index (χ4v) is 1.97. The second kappa shape index (κ2) is 8.41. The number of hydrogen-bond donors (Lipinski definition) is 1. The van der Waals surface area contributed by atoms with Crippen molar-refractivity contribution in [2.75, 3.05) is 14.2 Å². The molecule has 1 aromatic carbocycles. The van der Waals surface area contributed by atoms with Gasteiger partial charge in [-0.3, -0.25) is 4.79 Å². The first-order chi connectivity index (χ1) is 10.8. The summed E-state index contributed by atoms with van der Waals surface area (Å²) in [5, 5.41) is 2.72. The lowest BCUT2D eigenvalue weighted by atomic mass is 10.0. The minimum atomic E-state index is -0.720. The van der Waals surface area contributed by atoms with Gasteiger partial charge in [-0.05, 0) is 31.9 Å². The number of esters is 1. The van der Waals surface area contributed by atoms with Crippen LogP contribution in [0.1, 0.15) is 38.1 Å². The molecule has 0 spiro atoms. The van der Waals surface area contributed by atoms with Crippen LogP contribution in [-0.4, -0.2) is 38.2 Å².